The van der Waals surface area contributed by atoms with Crippen LogP contribution in [0, 0.1) is 0 Å². The quantitative estimate of drug-likeness (QED) is 0.504. The van der Waals surface area contributed by atoms with Gasteiger partial charge in [-0.05, 0) is 24.0 Å². The molecule has 3 radical (unpaired) electrons. The molecule has 0 spiro atoms. The second kappa shape index (κ2) is 25.3. The van der Waals surface area contributed by atoms with Crippen LogP contribution in [-0.4, -0.2) is 38.0 Å². The molecule has 21 heavy (non-hydrogen) atoms. The van der Waals surface area contributed by atoms with Crippen molar-refractivity contribution >= 4 is 36.6 Å². The van der Waals surface area contributed by atoms with E-state index >= 15 is 0 Å². The minimum Gasteiger partial charge on any atom is 1.00 e. The Morgan fingerprint density at radius 2 is 1.29 bits per heavy atom. The van der Waals surface area contributed by atoms with E-state index in [4.69, 9.17) is 26.0 Å². The normalized spacial score (nSPS) is 9.62. The van der Waals surface area contributed by atoms with Crippen molar-refractivity contribution in [2.45, 2.75) is 65.4 Å². The van der Waals surface area contributed by atoms with Gasteiger partial charge in [-0.25, -0.2) is 0 Å². The Bertz CT molecular complexity index is 168. The molecule has 0 aliphatic heterocycles. The fourth-order valence-electron chi connectivity index (χ4n) is 1.26. The molecule has 0 rings (SSSR count). The van der Waals surface area contributed by atoms with Crippen molar-refractivity contribution in [2.24, 2.45) is 5.73 Å². The molecule has 128 valence electrons. The summed E-state index contributed by atoms with van der Waals surface area (Å²) in [4.78, 5) is 0. The summed E-state index contributed by atoms with van der Waals surface area (Å²) in [6.07, 6.45) is 1.24. The van der Waals surface area contributed by atoms with Crippen molar-refractivity contribution in [1.82, 2.24) is 6.15 Å². The van der Waals surface area contributed by atoms with Crippen LogP contribution in [0.5, 0.6) is 0 Å². The van der Waals surface area contributed by atoms with E-state index in [1.165, 1.54) is 6.16 Å². The van der Waals surface area contributed by atoms with Crippen molar-refractivity contribution in [3.8, 4) is 0 Å². The van der Waals surface area contributed by atoms with Crippen LogP contribution in [0.1, 0.15) is 48.5 Å². The van der Waals surface area contributed by atoms with Gasteiger partial charge in [-0.3, -0.25) is 0 Å². The molecule has 0 unspecified atom stereocenters. The van der Waals surface area contributed by atoms with Gasteiger partial charge in [0, 0.05) is 8.41 Å². The molecule has 0 fully saturated rings. The fraction of sp³-hybridized carbons (Fsp3) is 1.00. The average molecular weight is 431 g/mol. The zero-order valence-electron chi connectivity index (χ0n) is 14.9. The van der Waals surface area contributed by atoms with Crippen LogP contribution >= 0.6 is 28.2 Å². The van der Waals surface area contributed by atoms with Crippen molar-refractivity contribution < 1.29 is 69.4 Å². The maximum absolute atomic E-state index is 10.1. The second-order valence-corrected chi connectivity index (χ2v) is 10.6. The van der Waals surface area contributed by atoms with Crippen LogP contribution < -0.4 is 68.4 Å². The number of halogens is 2. The molecule has 5 N–H and O–H groups in total. The third-order valence-electron chi connectivity index (χ3n) is 1.71. The summed E-state index contributed by atoms with van der Waals surface area (Å²) in [7, 11) is 9.66. The topological polar surface area (TPSA) is 84.1 Å². The molecule has 0 atom stereocenters. The molecule has 9 heteroatoms. The average Bonchev–Trinajstić information content (AvgIpc) is 2.11. The molecule has 0 aromatic heterocycles. The van der Waals surface area contributed by atoms with Gasteiger partial charge in [0.15, 0.2) is 0 Å². The zero-order valence-corrected chi connectivity index (χ0v) is 21.4. The van der Waals surface area contributed by atoms with Gasteiger partial charge in [-0.1, -0.05) is 48.5 Å². The largest absolute Gasteiger partial charge is 1.00 e. The van der Waals surface area contributed by atoms with E-state index in [1.807, 2.05) is 0 Å². The summed E-state index contributed by atoms with van der Waals surface area (Å²) in [5, 5.41) is 10.1. The van der Waals surface area contributed by atoms with Gasteiger partial charge in [0.25, 0.3) is 0 Å². The van der Waals surface area contributed by atoms with Crippen LogP contribution in [0.15, 0.2) is 0 Å². The Balaban J connectivity index is -0.0000000442. The van der Waals surface area contributed by atoms with Crippen LogP contribution in [0.3, 0.4) is 0 Å². The Morgan fingerprint density at radius 1 is 1.10 bits per heavy atom. The van der Waals surface area contributed by atoms with E-state index in [9.17, 15) is 5.11 Å². The molecule has 0 bridgehead atoms. The summed E-state index contributed by atoms with van der Waals surface area (Å²) in [6, 6.07) is 0. The van der Waals surface area contributed by atoms with Gasteiger partial charge in [-0.2, -0.15) is 0 Å². The molecule has 0 heterocycles. The number of nitrogens with two attached hydrogens (primary N) is 1. The van der Waals surface area contributed by atoms with Gasteiger partial charge < -0.3 is 17.0 Å². The van der Waals surface area contributed by atoms with E-state index in [-0.39, 0.29) is 73.9 Å². The Labute approximate surface area is 193 Å². The van der Waals surface area contributed by atoms with E-state index in [0.717, 1.165) is 17.9 Å². The third kappa shape index (κ3) is 51.7. The summed E-state index contributed by atoms with van der Waals surface area (Å²) < 4.78 is 0. The van der Waals surface area contributed by atoms with Crippen molar-refractivity contribution in [3.05, 3.63) is 0 Å². The summed E-state index contributed by atoms with van der Waals surface area (Å²) in [5.74, 6) is 0. The predicted molar refractivity (Wildman–Crippen MR) is 93.3 cm³/mol. The molecule has 0 saturated carbocycles. The molecule has 3 nitrogen and oxygen atoms in total. The van der Waals surface area contributed by atoms with Gasteiger partial charge in [0.2, 0.25) is 0 Å². The third-order valence-corrected chi connectivity index (χ3v) is 5.14. The molecule has 0 aliphatic rings. The van der Waals surface area contributed by atoms with Crippen molar-refractivity contribution in [1.29, 1.82) is 0 Å². The number of hydrogen-bond donors (Lipinski definition) is 2. The molecular weight excluding hydrogens is 399 g/mol. The monoisotopic (exact) mass is 430 g/mol. The Morgan fingerprint density at radius 3 is 1.33 bits per heavy atom. The van der Waals surface area contributed by atoms with Crippen molar-refractivity contribution in [3.63, 3.8) is 0 Å². The first-order chi connectivity index (χ1) is 8.01. The first-order valence-electron chi connectivity index (χ1n) is 6.01. The molecule has 0 aromatic rings. The fourth-order valence-corrected chi connectivity index (χ4v) is 3.79. The van der Waals surface area contributed by atoms with E-state index < -0.39 is 5.60 Å². The van der Waals surface area contributed by atoms with E-state index in [0.29, 0.717) is 12.9 Å². The minimum atomic E-state index is -0.750. The number of rotatable bonds is 4. The Kier molecular flexibility index (Phi) is 47.4. The van der Waals surface area contributed by atoms with E-state index in [2.05, 4.69) is 27.7 Å². The zero-order chi connectivity index (χ0) is 15.4. The maximum Gasteiger partial charge on any atom is 1.00 e. The van der Waals surface area contributed by atoms with Crippen LogP contribution in [0.25, 0.3) is 0 Å². The summed E-state index contributed by atoms with van der Waals surface area (Å²) in [6.45, 7) is 15.0. The first-order valence-corrected chi connectivity index (χ1v) is 10.5. The first kappa shape index (κ1) is 39.3. The maximum atomic E-state index is 10.1. The minimum absolute atomic E-state index is 0. The Hall–Kier alpha value is 3.10. The van der Waals surface area contributed by atoms with Gasteiger partial charge in [0.1, 0.15) is 0 Å². The van der Waals surface area contributed by atoms with Gasteiger partial charge in [0.05, 0.1) is 0 Å². The van der Waals surface area contributed by atoms with E-state index in [1.54, 1.807) is 20.8 Å². The standard InChI is InChI=1S/C8H20NP.C4H9O.B.2ClH.Co.K.H3N/c1-7(2)10(6-5-9)8(3)4;1-4(2,3)5;;;;;;/h7-8H,5-6,9H2,1-4H3;1-3H3;;2*1H;;;1H3/q;-1;;;;+2;+1;/p-2. The molecular formula is C12H32BCl2CoKN2OP. The van der Waals surface area contributed by atoms with Gasteiger partial charge in [-0.15, -0.1) is 13.5 Å². The van der Waals surface area contributed by atoms with Crippen LogP contribution in [-0.2, 0) is 12.9 Å². The molecule has 0 amide bonds. The second-order valence-electron chi connectivity index (χ2n) is 5.37. The van der Waals surface area contributed by atoms with Crippen molar-refractivity contribution in [2.75, 3.05) is 12.7 Å². The molecule has 0 aromatic carbocycles. The summed E-state index contributed by atoms with van der Waals surface area (Å²) >= 11 is 0.382. The van der Waals surface area contributed by atoms with Crippen LogP contribution in [0.4, 0.5) is 0 Å². The number of hydrogen-bond acceptors (Lipinski definition) is 3. The molecule has 0 saturated heterocycles. The predicted octanol–water partition coefficient (Wildman–Crippen LogP) is 0.551. The van der Waals surface area contributed by atoms with Crippen LogP contribution in [0.2, 0.25) is 0 Å². The summed E-state index contributed by atoms with van der Waals surface area (Å²) in [5.41, 5.74) is 6.46. The SMILES string of the molecule is CC(C)(C)[O-].CC(C)P(CCN)C(C)C.N.[B].[Cl][Co][Cl].[K+]. The van der Waals surface area contributed by atoms with Gasteiger partial charge >= 0.3 is 84.6 Å². The smallest absolute Gasteiger partial charge is 1.00 e. The molecule has 0 aliphatic carbocycles.